The van der Waals surface area contributed by atoms with Gasteiger partial charge in [0.25, 0.3) is 5.90 Å². The summed E-state index contributed by atoms with van der Waals surface area (Å²) < 4.78 is 31.5. The lowest BCUT2D eigenvalue weighted by Gasteiger charge is -1.92. The monoisotopic (exact) mass is 163 g/mol. The van der Waals surface area contributed by atoms with E-state index < -0.39 is 10.2 Å². The molecule has 0 aromatic carbocycles. The number of hydrogen-bond acceptors (Lipinski definition) is 4. The molecule has 0 saturated heterocycles. The summed E-state index contributed by atoms with van der Waals surface area (Å²) >= 11 is 0. The highest BCUT2D eigenvalue weighted by Crippen LogP contribution is 2.03. The van der Waals surface area contributed by atoms with Crippen LogP contribution in [0.1, 0.15) is 0 Å². The number of methoxy groups -OCH3 is 1. The van der Waals surface area contributed by atoms with Gasteiger partial charge in [0.05, 0.1) is 7.11 Å². The summed E-state index contributed by atoms with van der Waals surface area (Å²) in [5, 5.41) is 0. The maximum absolute atomic E-state index is 10.5. The van der Waals surface area contributed by atoms with Crippen LogP contribution in [-0.4, -0.2) is 27.3 Å². The van der Waals surface area contributed by atoms with E-state index in [-0.39, 0.29) is 11.7 Å². The molecule has 1 aliphatic heterocycles. The lowest BCUT2D eigenvalue weighted by Crippen LogP contribution is -2.21. The van der Waals surface area contributed by atoms with E-state index in [0.717, 1.165) is 0 Å². The normalized spacial score (nSPS) is 21.7. The van der Waals surface area contributed by atoms with Crippen molar-refractivity contribution in [1.29, 1.82) is 0 Å². The molecule has 0 aliphatic carbocycles. The largest absolute Gasteiger partial charge is 0.478 e. The highest BCUT2D eigenvalue weighted by molar-refractivity contribution is 7.89. The van der Waals surface area contributed by atoms with E-state index in [0.29, 0.717) is 0 Å². The highest BCUT2D eigenvalue weighted by Gasteiger charge is 2.21. The number of ether oxygens (including phenoxy) is 1. The van der Waals surface area contributed by atoms with Crippen molar-refractivity contribution in [3.63, 3.8) is 0 Å². The molecule has 7 heteroatoms. The van der Waals surface area contributed by atoms with Crippen LogP contribution >= 0.6 is 0 Å². The van der Waals surface area contributed by atoms with Crippen LogP contribution in [0.3, 0.4) is 0 Å². The number of hydrogen-bond donors (Lipinski definition) is 1. The van der Waals surface area contributed by atoms with Crippen molar-refractivity contribution in [3.05, 3.63) is 0 Å². The Morgan fingerprint density at radius 3 is 2.30 bits per heavy atom. The summed E-state index contributed by atoms with van der Waals surface area (Å²) in [6.45, 7) is 0. The molecule has 0 amide bonds. The van der Waals surface area contributed by atoms with Gasteiger partial charge < -0.3 is 10.5 Å². The molecule has 1 rings (SSSR count). The van der Waals surface area contributed by atoms with Gasteiger partial charge in [-0.1, -0.05) is 0 Å². The first kappa shape index (κ1) is 7.00. The smallest absolute Gasteiger partial charge is 0.368 e. The third-order valence-corrected chi connectivity index (χ3v) is 1.65. The zero-order chi connectivity index (χ0) is 7.78. The molecule has 0 spiro atoms. The van der Waals surface area contributed by atoms with Crippen molar-refractivity contribution in [3.8, 4) is 0 Å². The molecule has 2 N–H and O–H groups in total. The van der Waals surface area contributed by atoms with Crippen LogP contribution in [-0.2, 0) is 14.9 Å². The minimum absolute atomic E-state index is 0.153. The Morgan fingerprint density at radius 2 is 2.10 bits per heavy atom. The molecule has 0 fully saturated rings. The molecule has 1 aliphatic rings. The third kappa shape index (κ3) is 1.08. The van der Waals surface area contributed by atoms with E-state index in [2.05, 4.69) is 13.5 Å². The molecule has 56 valence electrons. The fourth-order valence-electron chi connectivity index (χ4n) is 0.477. The Morgan fingerprint density at radius 1 is 1.50 bits per heavy atom. The summed E-state index contributed by atoms with van der Waals surface area (Å²) in [5.74, 6) is -0.359. The van der Waals surface area contributed by atoms with Crippen LogP contribution in [0.5, 0.6) is 0 Å². The molecule has 1 heterocycles. The second-order valence-corrected chi connectivity index (χ2v) is 2.79. The van der Waals surface area contributed by atoms with Crippen molar-refractivity contribution >= 4 is 21.9 Å². The summed E-state index contributed by atoms with van der Waals surface area (Å²) in [6, 6.07) is 0. The molecule has 6 nitrogen and oxygen atoms in total. The van der Waals surface area contributed by atoms with Gasteiger partial charge in [0.15, 0.2) is 0 Å². The van der Waals surface area contributed by atoms with Crippen molar-refractivity contribution < 1.29 is 13.2 Å². The predicted octanol–water partition coefficient (Wildman–Crippen LogP) is -1.35. The molecule has 0 aromatic heterocycles. The van der Waals surface area contributed by atoms with E-state index >= 15 is 0 Å². The molecule has 0 atom stereocenters. The van der Waals surface area contributed by atoms with Crippen LogP contribution < -0.4 is 5.73 Å². The zero-order valence-corrected chi connectivity index (χ0v) is 5.92. The molecular weight excluding hydrogens is 158 g/mol. The minimum atomic E-state index is -3.73. The first-order chi connectivity index (χ1) is 4.55. The van der Waals surface area contributed by atoms with Crippen LogP contribution in [0.4, 0.5) is 0 Å². The van der Waals surface area contributed by atoms with Gasteiger partial charge in [-0.15, -0.1) is 8.80 Å². The Bertz CT molecular complexity index is 301. The molecular formula is C3H5N3O3S. The maximum atomic E-state index is 10.5. The van der Waals surface area contributed by atoms with Gasteiger partial charge >= 0.3 is 10.2 Å². The summed E-state index contributed by atoms with van der Waals surface area (Å²) in [4.78, 5) is 0. The van der Waals surface area contributed by atoms with E-state index in [9.17, 15) is 8.42 Å². The molecule has 0 unspecified atom stereocenters. The Kier molecular flexibility index (Phi) is 1.36. The topological polar surface area (TPSA) is 94.1 Å². The van der Waals surface area contributed by atoms with Crippen molar-refractivity contribution in [2.75, 3.05) is 7.11 Å². The SMILES string of the molecule is COC1=NS(=O)(=O)N=C1N. The Labute approximate surface area is 57.6 Å². The molecule has 0 bridgehead atoms. The van der Waals surface area contributed by atoms with Gasteiger partial charge in [-0.3, -0.25) is 0 Å². The molecule has 0 saturated carbocycles. The predicted molar refractivity (Wildman–Crippen MR) is 35.0 cm³/mol. The Hall–Kier alpha value is -1.11. The van der Waals surface area contributed by atoms with E-state index in [4.69, 9.17) is 5.73 Å². The molecule has 10 heavy (non-hydrogen) atoms. The maximum Gasteiger partial charge on any atom is 0.368 e. The van der Waals surface area contributed by atoms with Crippen LogP contribution in [0, 0.1) is 0 Å². The van der Waals surface area contributed by atoms with E-state index in [1.165, 1.54) is 7.11 Å². The van der Waals surface area contributed by atoms with Crippen LogP contribution in [0.15, 0.2) is 8.80 Å². The second kappa shape index (κ2) is 1.94. The average Bonchev–Trinajstić information content (AvgIpc) is 2.05. The van der Waals surface area contributed by atoms with Gasteiger partial charge in [-0.05, 0) is 0 Å². The fourth-order valence-corrected chi connectivity index (χ4v) is 1.22. The average molecular weight is 163 g/mol. The van der Waals surface area contributed by atoms with Gasteiger partial charge in [-0.25, -0.2) is 0 Å². The summed E-state index contributed by atoms with van der Waals surface area (Å²) in [5.41, 5.74) is 5.08. The van der Waals surface area contributed by atoms with Gasteiger partial charge in [0.2, 0.25) is 5.84 Å². The van der Waals surface area contributed by atoms with Gasteiger partial charge in [-0.2, -0.15) is 8.42 Å². The van der Waals surface area contributed by atoms with Crippen LogP contribution in [0.2, 0.25) is 0 Å². The standard InChI is InChI=1S/C3H5N3O3S/c1-9-3-2(4)5-10(7,8)6-3/h1H3,(H2,4,5). The summed E-state index contributed by atoms with van der Waals surface area (Å²) in [6.07, 6.45) is 0. The highest BCUT2D eigenvalue weighted by atomic mass is 32.2. The van der Waals surface area contributed by atoms with Crippen molar-refractivity contribution in [1.82, 2.24) is 0 Å². The minimum Gasteiger partial charge on any atom is -0.478 e. The fraction of sp³-hybridized carbons (Fsp3) is 0.333. The third-order valence-electron chi connectivity index (χ3n) is 0.824. The number of nitrogens with zero attached hydrogens (tertiary/aromatic N) is 2. The van der Waals surface area contributed by atoms with Gasteiger partial charge in [0.1, 0.15) is 0 Å². The quantitative estimate of drug-likeness (QED) is 0.477. The molecule has 0 radical (unpaired) electrons. The number of amidine groups is 1. The van der Waals surface area contributed by atoms with Crippen molar-refractivity contribution in [2.45, 2.75) is 0 Å². The second-order valence-electron chi connectivity index (χ2n) is 1.52. The first-order valence-corrected chi connectivity index (χ1v) is 3.69. The summed E-state index contributed by atoms with van der Waals surface area (Å²) in [7, 11) is -2.46. The van der Waals surface area contributed by atoms with Crippen molar-refractivity contribution in [2.24, 2.45) is 14.5 Å². The zero-order valence-electron chi connectivity index (χ0n) is 5.10. The number of rotatable bonds is 0. The lowest BCUT2D eigenvalue weighted by molar-refractivity contribution is 0.412. The number of nitrogens with two attached hydrogens (primary N) is 1. The van der Waals surface area contributed by atoms with E-state index in [1.807, 2.05) is 0 Å². The van der Waals surface area contributed by atoms with Crippen LogP contribution in [0.25, 0.3) is 0 Å². The van der Waals surface area contributed by atoms with E-state index in [1.54, 1.807) is 0 Å². The first-order valence-electron chi connectivity index (χ1n) is 2.30. The molecule has 0 aromatic rings. The Balaban J connectivity index is 3.14. The lowest BCUT2D eigenvalue weighted by atomic mass is 10.6. The van der Waals surface area contributed by atoms with Gasteiger partial charge in [0, 0.05) is 0 Å².